The van der Waals surface area contributed by atoms with Crippen molar-refractivity contribution in [2.24, 2.45) is 5.92 Å². The van der Waals surface area contributed by atoms with Crippen LogP contribution in [0.25, 0.3) is 11.3 Å². The molecule has 2 aromatic carbocycles. The number of hydrogen-bond donors (Lipinski definition) is 0. The quantitative estimate of drug-likeness (QED) is 0.450. The van der Waals surface area contributed by atoms with Crippen molar-refractivity contribution in [3.05, 3.63) is 59.9 Å². The smallest absolute Gasteiger partial charge is 0.247 e. The summed E-state index contributed by atoms with van der Waals surface area (Å²) in [7, 11) is 0. The second-order valence-electron chi connectivity index (χ2n) is 7.98. The number of carbonyl (C=O) groups is 1. The van der Waals surface area contributed by atoms with Crippen molar-refractivity contribution >= 4 is 23.4 Å². The van der Waals surface area contributed by atoms with Gasteiger partial charge in [0.1, 0.15) is 5.82 Å². The number of aromatic nitrogens is 3. The summed E-state index contributed by atoms with van der Waals surface area (Å²) in [5, 5.41) is 9.15. The number of thioether (sulfide) groups is 1. The molecule has 0 aliphatic carbocycles. The minimum atomic E-state index is -1.02. The van der Waals surface area contributed by atoms with Gasteiger partial charge in [0.2, 0.25) is 23.2 Å². The van der Waals surface area contributed by atoms with Gasteiger partial charge < -0.3 is 4.74 Å². The van der Waals surface area contributed by atoms with Crippen molar-refractivity contribution < 1.29 is 13.9 Å². The van der Waals surface area contributed by atoms with Crippen molar-refractivity contribution in [1.29, 1.82) is 0 Å². The zero-order valence-corrected chi connectivity index (χ0v) is 19.1. The summed E-state index contributed by atoms with van der Waals surface area (Å²) >= 11 is 1.49. The Kier molecular flexibility index (Phi) is 6.69. The summed E-state index contributed by atoms with van der Waals surface area (Å²) in [5.41, 5.74) is 1.96. The molecule has 0 radical (unpaired) electrons. The fourth-order valence-electron chi connectivity index (χ4n) is 3.50. The van der Waals surface area contributed by atoms with Crippen LogP contribution in [0.1, 0.15) is 45.4 Å². The maximum atomic E-state index is 14.9. The van der Waals surface area contributed by atoms with Crippen LogP contribution < -0.4 is 9.64 Å². The van der Waals surface area contributed by atoms with Crippen LogP contribution in [0.15, 0.2) is 53.7 Å². The van der Waals surface area contributed by atoms with Gasteiger partial charge in [0.25, 0.3) is 0 Å². The van der Waals surface area contributed by atoms with E-state index in [-0.39, 0.29) is 17.4 Å². The molecule has 4 rings (SSSR count). The van der Waals surface area contributed by atoms with Crippen LogP contribution in [0, 0.1) is 11.7 Å². The average molecular weight is 453 g/mol. The predicted molar refractivity (Wildman–Crippen MR) is 123 cm³/mol. The molecule has 0 bridgehead atoms. The minimum Gasteiger partial charge on any atom is -0.447 e. The van der Waals surface area contributed by atoms with Gasteiger partial charge in [-0.1, -0.05) is 68.9 Å². The minimum absolute atomic E-state index is 0.164. The van der Waals surface area contributed by atoms with Crippen LogP contribution >= 0.6 is 11.8 Å². The van der Waals surface area contributed by atoms with E-state index in [1.165, 1.54) is 22.7 Å². The zero-order chi connectivity index (χ0) is 22.7. The molecule has 1 atom stereocenters. The van der Waals surface area contributed by atoms with Crippen molar-refractivity contribution in [2.45, 2.75) is 45.0 Å². The molecule has 0 spiro atoms. The second-order valence-corrected chi connectivity index (χ2v) is 8.96. The van der Waals surface area contributed by atoms with Crippen LogP contribution in [0.5, 0.6) is 5.88 Å². The highest BCUT2D eigenvalue weighted by Crippen LogP contribution is 2.44. The highest BCUT2D eigenvalue weighted by molar-refractivity contribution is 7.99. The van der Waals surface area contributed by atoms with Gasteiger partial charge in [0, 0.05) is 23.3 Å². The molecular formula is C24H25FN4O2S. The van der Waals surface area contributed by atoms with E-state index in [0.29, 0.717) is 40.9 Å². The molecule has 8 heteroatoms. The van der Waals surface area contributed by atoms with Gasteiger partial charge in [-0.15, -0.1) is 10.2 Å². The number of fused-ring (bicyclic) bond motifs is 3. The summed E-state index contributed by atoms with van der Waals surface area (Å²) in [5.74, 6) is 0.901. The molecule has 1 aliphatic heterocycles. The van der Waals surface area contributed by atoms with Gasteiger partial charge in [-0.3, -0.25) is 9.69 Å². The van der Waals surface area contributed by atoms with E-state index in [1.54, 1.807) is 18.2 Å². The van der Waals surface area contributed by atoms with E-state index in [9.17, 15) is 9.18 Å². The summed E-state index contributed by atoms with van der Waals surface area (Å²) in [4.78, 5) is 19.4. The van der Waals surface area contributed by atoms with Crippen LogP contribution in [0.4, 0.5) is 10.1 Å². The lowest BCUT2D eigenvalue weighted by Gasteiger charge is -2.31. The Morgan fingerprint density at radius 2 is 1.91 bits per heavy atom. The maximum Gasteiger partial charge on any atom is 0.247 e. The number of rotatable bonds is 6. The van der Waals surface area contributed by atoms with Gasteiger partial charge in [0.05, 0.1) is 5.69 Å². The van der Waals surface area contributed by atoms with Crippen LogP contribution in [-0.4, -0.2) is 26.8 Å². The van der Waals surface area contributed by atoms with Crippen molar-refractivity contribution in [1.82, 2.24) is 15.2 Å². The lowest BCUT2D eigenvalue weighted by atomic mass is 10.1. The van der Waals surface area contributed by atoms with E-state index in [4.69, 9.17) is 4.74 Å². The van der Waals surface area contributed by atoms with Crippen LogP contribution in [0.2, 0.25) is 0 Å². The first kappa shape index (κ1) is 22.2. The fourth-order valence-corrected chi connectivity index (χ4v) is 4.23. The van der Waals surface area contributed by atoms with E-state index in [0.717, 1.165) is 5.75 Å². The Bertz CT molecular complexity index is 1120. The van der Waals surface area contributed by atoms with Gasteiger partial charge in [-0.25, -0.2) is 4.39 Å². The van der Waals surface area contributed by atoms with Gasteiger partial charge >= 0.3 is 0 Å². The third-order valence-electron chi connectivity index (χ3n) is 4.96. The Morgan fingerprint density at radius 1 is 1.16 bits per heavy atom. The number of nitrogens with zero attached hydrogens (tertiary/aromatic N) is 4. The Hall–Kier alpha value is -3.00. The van der Waals surface area contributed by atoms with E-state index in [1.807, 2.05) is 31.2 Å². The largest absolute Gasteiger partial charge is 0.447 e. The molecule has 6 nitrogen and oxygen atoms in total. The first-order valence-corrected chi connectivity index (χ1v) is 11.7. The number of halogens is 1. The van der Waals surface area contributed by atoms with Crippen LogP contribution in [-0.2, 0) is 4.79 Å². The molecule has 1 amide bonds. The molecule has 0 saturated heterocycles. The average Bonchev–Trinajstić information content (AvgIpc) is 2.92. The lowest BCUT2D eigenvalue weighted by molar-refractivity contribution is -0.120. The first-order valence-electron chi connectivity index (χ1n) is 10.7. The van der Waals surface area contributed by atoms with Gasteiger partial charge in [0.15, 0.2) is 5.69 Å². The van der Waals surface area contributed by atoms with Crippen molar-refractivity contribution in [3.63, 3.8) is 0 Å². The molecule has 1 aliphatic rings. The molecule has 0 N–H and O–H groups in total. The topological polar surface area (TPSA) is 68.2 Å². The van der Waals surface area contributed by atoms with E-state index in [2.05, 4.69) is 29.0 Å². The molecular weight excluding hydrogens is 427 g/mol. The van der Waals surface area contributed by atoms with Crippen molar-refractivity contribution in [2.75, 3.05) is 10.7 Å². The highest BCUT2D eigenvalue weighted by Gasteiger charge is 2.36. The number of hydrogen-bond acceptors (Lipinski definition) is 6. The maximum absolute atomic E-state index is 14.9. The number of para-hydroxylation sites is 1. The first-order chi connectivity index (χ1) is 15.5. The fraction of sp³-hybridized carbons (Fsp3) is 0.333. The highest BCUT2D eigenvalue weighted by atomic mass is 32.2. The molecule has 1 aromatic heterocycles. The molecule has 32 heavy (non-hydrogen) atoms. The molecule has 166 valence electrons. The summed E-state index contributed by atoms with van der Waals surface area (Å²) < 4.78 is 21.2. The molecule has 0 fully saturated rings. The van der Waals surface area contributed by atoms with E-state index >= 15 is 0 Å². The Morgan fingerprint density at radius 3 is 2.66 bits per heavy atom. The molecule has 2 heterocycles. The zero-order valence-electron chi connectivity index (χ0n) is 18.3. The number of amides is 1. The predicted octanol–water partition coefficient (Wildman–Crippen LogP) is 5.65. The van der Waals surface area contributed by atoms with Gasteiger partial charge in [-0.05, 0) is 24.5 Å². The lowest BCUT2D eigenvalue weighted by Crippen LogP contribution is -2.38. The normalized spacial score (nSPS) is 15.0. The third kappa shape index (κ3) is 4.46. The summed E-state index contributed by atoms with van der Waals surface area (Å²) in [6.07, 6.45) is -0.0619. The number of ether oxygens (including phenoxy) is 1. The van der Waals surface area contributed by atoms with Crippen LogP contribution in [0.3, 0.4) is 0 Å². The Labute approximate surface area is 191 Å². The number of carbonyl (C=O) groups excluding carboxylic acids is 1. The third-order valence-corrected chi connectivity index (χ3v) is 6.23. The second kappa shape index (κ2) is 9.65. The Balaban J connectivity index is 1.89. The number of anilines is 1. The molecule has 0 saturated carbocycles. The summed E-state index contributed by atoms with van der Waals surface area (Å²) in [6.45, 7) is 6.16. The number of benzene rings is 2. The summed E-state index contributed by atoms with van der Waals surface area (Å²) in [6, 6.07) is 13.7. The standard InChI is InChI=1S/C24H25FN4O2S/c1-4-9-20(30)29-19-13-8-6-11-17(19)21-22(26-24(28-27-21)32-14-15(2)3)31-23(29)16-10-5-7-12-18(16)25/h5-8,10-13,15,23H,4,9,14H2,1-3H3/t23-/m0/s1. The monoisotopic (exact) mass is 452 g/mol. The van der Waals surface area contributed by atoms with Gasteiger partial charge in [-0.2, -0.15) is 4.98 Å². The SMILES string of the molecule is CCCC(=O)N1c2ccccc2-c2nnc(SCC(C)C)nc2O[C@H]1c1ccccc1F. The van der Waals surface area contributed by atoms with E-state index < -0.39 is 12.0 Å². The molecule has 3 aromatic rings. The molecule has 0 unspecified atom stereocenters. The van der Waals surface area contributed by atoms with Crippen molar-refractivity contribution in [3.8, 4) is 17.1 Å².